The number of carbonyl (C=O) groups excluding carboxylic acids is 1. The molecule has 0 spiro atoms. The lowest BCUT2D eigenvalue weighted by Gasteiger charge is -2.03. The van der Waals surface area contributed by atoms with Gasteiger partial charge in [0.25, 0.3) is 11.6 Å². The van der Waals surface area contributed by atoms with Crippen molar-refractivity contribution in [1.82, 2.24) is 10.2 Å². The SMILES string of the molecule is CCc1nnc(NC(=O)c2cc(Cl)ccc2[N+](=O)[O-])s1. The molecule has 2 aromatic rings. The molecule has 1 N–H and O–H groups in total. The molecule has 104 valence electrons. The number of nitrogens with zero attached hydrogens (tertiary/aromatic N) is 3. The van der Waals surface area contributed by atoms with E-state index < -0.39 is 10.8 Å². The summed E-state index contributed by atoms with van der Waals surface area (Å²) in [5, 5.41) is 22.3. The van der Waals surface area contributed by atoms with Crippen molar-refractivity contribution in [2.75, 3.05) is 5.32 Å². The first-order chi connectivity index (χ1) is 9.51. The lowest BCUT2D eigenvalue weighted by atomic mass is 10.1. The van der Waals surface area contributed by atoms with E-state index in [1.165, 1.54) is 29.5 Å². The molecule has 0 unspecified atom stereocenters. The molecule has 7 nitrogen and oxygen atoms in total. The molecule has 0 radical (unpaired) electrons. The largest absolute Gasteiger partial charge is 0.296 e. The van der Waals surface area contributed by atoms with Crippen molar-refractivity contribution in [3.63, 3.8) is 0 Å². The molecule has 0 bridgehead atoms. The van der Waals surface area contributed by atoms with E-state index in [0.29, 0.717) is 11.6 Å². The molecular formula is C11H9ClN4O3S. The summed E-state index contributed by atoms with van der Waals surface area (Å²) >= 11 is 6.98. The Morgan fingerprint density at radius 1 is 1.50 bits per heavy atom. The second-order valence-electron chi connectivity index (χ2n) is 3.73. The van der Waals surface area contributed by atoms with Gasteiger partial charge in [-0.2, -0.15) is 0 Å². The number of halogens is 1. The third kappa shape index (κ3) is 3.09. The molecule has 0 fully saturated rings. The van der Waals surface area contributed by atoms with E-state index in [-0.39, 0.29) is 16.3 Å². The average molecular weight is 313 g/mol. The highest BCUT2D eigenvalue weighted by atomic mass is 35.5. The van der Waals surface area contributed by atoms with Crippen molar-refractivity contribution < 1.29 is 9.72 Å². The number of carbonyl (C=O) groups is 1. The van der Waals surface area contributed by atoms with E-state index in [9.17, 15) is 14.9 Å². The van der Waals surface area contributed by atoms with Gasteiger partial charge in [0.1, 0.15) is 10.6 Å². The third-order valence-corrected chi connectivity index (χ3v) is 3.61. The first-order valence-corrected chi connectivity index (χ1v) is 6.78. The van der Waals surface area contributed by atoms with Gasteiger partial charge >= 0.3 is 0 Å². The summed E-state index contributed by atoms with van der Waals surface area (Å²) < 4.78 is 0. The Morgan fingerprint density at radius 3 is 2.85 bits per heavy atom. The van der Waals surface area contributed by atoms with Gasteiger partial charge in [0.2, 0.25) is 5.13 Å². The maximum atomic E-state index is 12.1. The van der Waals surface area contributed by atoms with Crippen molar-refractivity contribution >= 4 is 39.7 Å². The van der Waals surface area contributed by atoms with E-state index >= 15 is 0 Å². The van der Waals surface area contributed by atoms with Crippen molar-refractivity contribution in [3.8, 4) is 0 Å². The summed E-state index contributed by atoms with van der Waals surface area (Å²) in [6.07, 6.45) is 0.699. The fraction of sp³-hybridized carbons (Fsp3) is 0.182. The zero-order valence-corrected chi connectivity index (χ0v) is 11.9. The molecule has 2 rings (SSSR count). The molecule has 0 aliphatic rings. The number of nitrogens with one attached hydrogen (secondary N) is 1. The van der Waals surface area contributed by atoms with Gasteiger partial charge in [-0.25, -0.2) is 0 Å². The standard InChI is InChI=1S/C11H9ClN4O3S/c1-2-9-14-15-11(20-9)13-10(17)7-5-6(12)3-4-8(7)16(18)19/h3-5H,2H2,1H3,(H,13,15,17). The second kappa shape index (κ2) is 5.93. The topological polar surface area (TPSA) is 98.0 Å². The first-order valence-electron chi connectivity index (χ1n) is 5.59. The fourth-order valence-corrected chi connectivity index (χ4v) is 2.31. The minimum atomic E-state index is -0.641. The predicted molar refractivity (Wildman–Crippen MR) is 75.3 cm³/mol. The second-order valence-corrected chi connectivity index (χ2v) is 5.23. The summed E-state index contributed by atoms with van der Waals surface area (Å²) in [6.45, 7) is 1.91. The van der Waals surface area contributed by atoms with Crippen LogP contribution in [0.2, 0.25) is 5.02 Å². The Morgan fingerprint density at radius 2 is 2.25 bits per heavy atom. The van der Waals surface area contributed by atoms with E-state index in [1.807, 2.05) is 6.92 Å². The lowest BCUT2D eigenvalue weighted by Crippen LogP contribution is -2.13. The number of aromatic nitrogens is 2. The number of anilines is 1. The van der Waals surface area contributed by atoms with Crippen LogP contribution in [-0.4, -0.2) is 21.0 Å². The number of nitro groups is 1. The van der Waals surface area contributed by atoms with Gasteiger partial charge in [0.05, 0.1) is 4.92 Å². The molecule has 1 heterocycles. The molecule has 1 amide bonds. The number of hydrogen-bond acceptors (Lipinski definition) is 6. The van der Waals surface area contributed by atoms with Crippen molar-refractivity contribution in [3.05, 3.63) is 43.9 Å². The average Bonchev–Trinajstić information content (AvgIpc) is 2.85. The van der Waals surface area contributed by atoms with Crippen molar-refractivity contribution in [2.24, 2.45) is 0 Å². The van der Waals surface area contributed by atoms with Crippen LogP contribution in [0, 0.1) is 10.1 Å². The predicted octanol–water partition coefficient (Wildman–Crippen LogP) is 2.91. The normalized spacial score (nSPS) is 10.3. The van der Waals surface area contributed by atoms with Crippen LogP contribution in [-0.2, 0) is 6.42 Å². The number of nitro benzene ring substituents is 1. The van der Waals surface area contributed by atoms with Gasteiger partial charge in [-0.1, -0.05) is 29.9 Å². The van der Waals surface area contributed by atoms with Crippen LogP contribution in [0.1, 0.15) is 22.3 Å². The molecule has 1 aromatic heterocycles. The van der Waals surface area contributed by atoms with Crippen molar-refractivity contribution in [2.45, 2.75) is 13.3 Å². The Bertz CT molecular complexity index is 673. The van der Waals surface area contributed by atoms with Gasteiger partial charge in [0, 0.05) is 11.1 Å². The molecule has 0 aliphatic carbocycles. The Labute approximate surface area is 122 Å². The van der Waals surface area contributed by atoms with Crippen LogP contribution in [0.15, 0.2) is 18.2 Å². The Balaban J connectivity index is 2.28. The highest BCUT2D eigenvalue weighted by Gasteiger charge is 2.21. The minimum absolute atomic E-state index is 0.115. The monoisotopic (exact) mass is 312 g/mol. The van der Waals surface area contributed by atoms with E-state index in [4.69, 9.17) is 11.6 Å². The van der Waals surface area contributed by atoms with Crippen LogP contribution >= 0.6 is 22.9 Å². The minimum Gasteiger partial charge on any atom is -0.296 e. The maximum Gasteiger partial charge on any atom is 0.282 e. The molecule has 20 heavy (non-hydrogen) atoms. The van der Waals surface area contributed by atoms with E-state index in [1.54, 1.807) is 0 Å². The van der Waals surface area contributed by atoms with Gasteiger partial charge < -0.3 is 0 Å². The molecule has 0 atom stereocenters. The summed E-state index contributed by atoms with van der Waals surface area (Å²) in [6, 6.07) is 3.79. The van der Waals surface area contributed by atoms with Gasteiger partial charge in [-0.05, 0) is 18.6 Å². The maximum absolute atomic E-state index is 12.1. The van der Waals surface area contributed by atoms with Gasteiger partial charge in [-0.15, -0.1) is 10.2 Å². The molecule has 0 aliphatic heterocycles. The number of rotatable bonds is 4. The molecular weight excluding hydrogens is 304 g/mol. The number of aryl methyl sites for hydroxylation is 1. The van der Waals surface area contributed by atoms with E-state index in [0.717, 1.165) is 5.01 Å². The third-order valence-electron chi connectivity index (χ3n) is 2.39. The summed E-state index contributed by atoms with van der Waals surface area (Å²) in [5.74, 6) is -0.641. The number of benzene rings is 1. The highest BCUT2D eigenvalue weighted by Crippen LogP contribution is 2.24. The molecule has 1 aromatic carbocycles. The van der Waals surface area contributed by atoms with Crippen LogP contribution in [0.5, 0.6) is 0 Å². The first kappa shape index (κ1) is 14.4. The van der Waals surface area contributed by atoms with Crippen LogP contribution in [0.3, 0.4) is 0 Å². The summed E-state index contributed by atoms with van der Waals surface area (Å²) in [5.41, 5.74) is -0.428. The van der Waals surface area contributed by atoms with Crippen LogP contribution < -0.4 is 5.32 Å². The number of hydrogen-bond donors (Lipinski definition) is 1. The summed E-state index contributed by atoms with van der Waals surface area (Å²) in [4.78, 5) is 22.3. The fourth-order valence-electron chi connectivity index (χ4n) is 1.46. The summed E-state index contributed by atoms with van der Waals surface area (Å²) in [7, 11) is 0. The number of amides is 1. The lowest BCUT2D eigenvalue weighted by molar-refractivity contribution is -0.385. The van der Waals surface area contributed by atoms with Crippen molar-refractivity contribution in [1.29, 1.82) is 0 Å². The van der Waals surface area contributed by atoms with E-state index in [2.05, 4.69) is 15.5 Å². The molecule has 0 saturated carbocycles. The Hall–Kier alpha value is -2.06. The molecule has 0 saturated heterocycles. The molecule has 9 heteroatoms. The highest BCUT2D eigenvalue weighted by molar-refractivity contribution is 7.15. The van der Waals surface area contributed by atoms with Gasteiger partial charge in [0.15, 0.2) is 0 Å². The van der Waals surface area contributed by atoms with Gasteiger partial charge in [-0.3, -0.25) is 20.2 Å². The quantitative estimate of drug-likeness (QED) is 0.691. The van der Waals surface area contributed by atoms with Crippen LogP contribution in [0.4, 0.5) is 10.8 Å². The zero-order chi connectivity index (χ0) is 14.7. The zero-order valence-electron chi connectivity index (χ0n) is 10.3. The Kier molecular flexibility index (Phi) is 4.26. The van der Waals surface area contributed by atoms with Crippen LogP contribution in [0.25, 0.3) is 0 Å². The smallest absolute Gasteiger partial charge is 0.282 e.